The third kappa shape index (κ3) is 2.40. The monoisotopic (exact) mass is 291 g/mol. The van der Waals surface area contributed by atoms with Gasteiger partial charge in [0.15, 0.2) is 0 Å². The van der Waals surface area contributed by atoms with Crippen LogP contribution in [0, 0.1) is 24.4 Å². The summed E-state index contributed by atoms with van der Waals surface area (Å²) in [7, 11) is 0. The first kappa shape index (κ1) is 13.7. The van der Waals surface area contributed by atoms with E-state index in [-0.39, 0.29) is 16.9 Å². The van der Waals surface area contributed by atoms with E-state index < -0.39 is 23.5 Å². The lowest BCUT2D eigenvalue weighted by atomic mass is 10.0. The molecule has 0 saturated heterocycles. The van der Waals surface area contributed by atoms with Gasteiger partial charge in [0.05, 0.1) is 6.04 Å². The fourth-order valence-corrected chi connectivity index (χ4v) is 2.24. The van der Waals surface area contributed by atoms with Crippen LogP contribution in [0.15, 0.2) is 40.8 Å². The van der Waals surface area contributed by atoms with E-state index in [1.165, 1.54) is 31.2 Å². The van der Waals surface area contributed by atoms with Crippen molar-refractivity contribution < 1.29 is 17.6 Å². The highest BCUT2D eigenvalue weighted by Crippen LogP contribution is 2.29. The maximum absolute atomic E-state index is 13.9. The van der Waals surface area contributed by atoms with Crippen molar-refractivity contribution >= 4 is 11.0 Å². The molecule has 3 aromatic rings. The lowest BCUT2D eigenvalue weighted by Crippen LogP contribution is -2.13. The first-order chi connectivity index (χ1) is 9.95. The molecule has 0 aliphatic heterocycles. The van der Waals surface area contributed by atoms with E-state index in [1.54, 1.807) is 0 Å². The Morgan fingerprint density at radius 1 is 1.00 bits per heavy atom. The number of rotatable bonds is 2. The highest BCUT2D eigenvalue weighted by atomic mass is 19.1. The average Bonchev–Trinajstić information content (AvgIpc) is 2.85. The second kappa shape index (κ2) is 4.93. The number of furan rings is 1. The standard InChI is InChI=1S/C16H12F3NO/c1-8-4-13(19)11(7-12(8)18)16(20)15-6-9-5-10(17)2-3-14(9)21-15/h2-7,16H,20H2,1H3. The molecule has 1 atom stereocenters. The fraction of sp³-hybridized carbons (Fsp3) is 0.125. The molecular weight excluding hydrogens is 279 g/mol. The summed E-state index contributed by atoms with van der Waals surface area (Å²) in [6, 6.07) is 6.73. The van der Waals surface area contributed by atoms with Crippen LogP contribution in [0.5, 0.6) is 0 Å². The average molecular weight is 291 g/mol. The van der Waals surface area contributed by atoms with Crippen LogP contribution in [0.3, 0.4) is 0 Å². The lowest BCUT2D eigenvalue weighted by Gasteiger charge is -2.11. The Balaban J connectivity index is 2.07. The highest BCUT2D eigenvalue weighted by Gasteiger charge is 2.19. The second-order valence-corrected chi connectivity index (χ2v) is 4.93. The fourth-order valence-electron chi connectivity index (χ4n) is 2.24. The maximum Gasteiger partial charge on any atom is 0.134 e. The molecule has 0 spiro atoms. The van der Waals surface area contributed by atoms with Gasteiger partial charge in [0, 0.05) is 10.9 Å². The molecule has 5 heteroatoms. The van der Waals surface area contributed by atoms with Crippen molar-refractivity contribution in [2.24, 2.45) is 5.73 Å². The molecule has 0 aliphatic carbocycles. The zero-order valence-electron chi connectivity index (χ0n) is 11.2. The van der Waals surface area contributed by atoms with Crippen molar-refractivity contribution in [1.82, 2.24) is 0 Å². The van der Waals surface area contributed by atoms with Gasteiger partial charge in [-0.15, -0.1) is 0 Å². The largest absolute Gasteiger partial charge is 0.459 e. The molecule has 1 heterocycles. The number of halogens is 3. The minimum atomic E-state index is -0.962. The van der Waals surface area contributed by atoms with E-state index in [9.17, 15) is 13.2 Å². The van der Waals surface area contributed by atoms with Gasteiger partial charge in [-0.25, -0.2) is 13.2 Å². The van der Waals surface area contributed by atoms with Gasteiger partial charge in [-0.05, 0) is 48.9 Å². The van der Waals surface area contributed by atoms with Crippen LogP contribution in [0.2, 0.25) is 0 Å². The number of fused-ring (bicyclic) bond motifs is 1. The molecule has 0 bridgehead atoms. The van der Waals surface area contributed by atoms with E-state index in [1.807, 2.05) is 0 Å². The van der Waals surface area contributed by atoms with Crippen molar-refractivity contribution in [2.75, 3.05) is 0 Å². The Hall–Kier alpha value is -2.27. The Bertz CT molecular complexity index is 826. The van der Waals surface area contributed by atoms with Gasteiger partial charge in [0.25, 0.3) is 0 Å². The predicted molar refractivity (Wildman–Crippen MR) is 73.3 cm³/mol. The van der Waals surface area contributed by atoms with Crippen molar-refractivity contribution in [3.05, 3.63) is 70.7 Å². The third-order valence-corrected chi connectivity index (χ3v) is 3.42. The minimum absolute atomic E-state index is 0.00220. The van der Waals surface area contributed by atoms with E-state index in [0.717, 1.165) is 12.1 Å². The second-order valence-electron chi connectivity index (χ2n) is 4.93. The van der Waals surface area contributed by atoms with Gasteiger partial charge in [0.2, 0.25) is 0 Å². The molecule has 0 saturated carbocycles. The first-order valence-electron chi connectivity index (χ1n) is 6.36. The molecule has 108 valence electrons. The van der Waals surface area contributed by atoms with Crippen LogP contribution in [0.4, 0.5) is 13.2 Å². The molecule has 2 aromatic carbocycles. The van der Waals surface area contributed by atoms with E-state index in [4.69, 9.17) is 10.2 Å². The quantitative estimate of drug-likeness (QED) is 0.768. The summed E-state index contributed by atoms with van der Waals surface area (Å²) in [5, 5.41) is 0.522. The summed E-state index contributed by atoms with van der Waals surface area (Å²) in [4.78, 5) is 0. The van der Waals surface area contributed by atoms with Crippen LogP contribution in [0.1, 0.15) is 22.9 Å². The Kier molecular flexibility index (Phi) is 3.22. The smallest absolute Gasteiger partial charge is 0.134 e. The molecule has 1 unspecified atom stereocenters. The van der Waals surface area contributed by atoms with E-state index in [2.05, 4.69) is 0 Å². The molecule has 21 heavy (non-hydrogen) atoms. The van der Waals surface area contributed by atoms with Gasteiger partial charge in [0.1, 0.15) is 28.8 Å². The SMILES string of the molecule is Cc1cc(F)c(C(N)c2cc3cc(F)ccc3o2)cc1F. The van der Waals surface area contributed by atoms with Gasteiger partial charge in [-0.1, -0.05) is 0 Å². The van der Waals surface area contributed by atoms with Crippen LogP contribution in [-0.2, 0) is 0 Å². The van der Waals surface area contributed by atoms with Crippen molar-refractivity contribution in [3.63, 3.8) is 0 Å². The molecule has 3 rings (SSSR count). The lowest BCUT2D eigenvalue weighted by molar-refractivity contribution is 0.505. The summed E-state index contributed by atoms with van der Waals surface area (Å²) in [5.74, 6) is -1.30. The van der Waals surface area contributed by atoms with E-state index >= 15 is 0 Å². The molecule has 0 amide bonds. The summed E-state index contributed by atoms with van der Waals surface area (Å²) in [6.45, 7) is 1.47. The molecule has 2 nitrogen and oxygen atoms in total. The van der Waals surface area contributed by atoms with Crippen LogP contribution in [0.25, 0.3) is 11.0 Å². The molecule has 0 aliphatic rings. The van der Waals surface area contributed by atoms with Crippen LogP contribution >= 0.6 is 0 Å². The van der Waals surface area contributed by atoms with Crippen molar-refractivity contribution in [1.29, 1.82) is 0 Å². The highest BCUT2D eigenvalue weighted by molar-refractivity contribution is 5.78. The zero-order valence-corrected chi connectivity index (χ0v) is 11.2. The van der Waals surface area contributed by atoms with Crippen molar-refractivity contribution in [3.8, 4) is 0 Å². The number of hydrogen-bond donors (Lipinski definition) is 1. The first-order valence-corrected chi connectivity index (χ1v) is 6.36. The van der Waals surface area contributed by atoms with Crippen molar-refractivity contribution in [2.45, 2.75) is 13.0 Å². The predicted octanol–water partition coefficient (Wildman–Crippen LogP) is 4.21. The number of hydrogen-bond acceptors (Lipinski definition) is 2. The van der Waals surface area contributed by atoms with Gasteiger partial charge in [-0.2, -0.15) is 0 Å². The topological polar surface area (TPSA) is 39.2 Å². The van der Waals surface area contributed by atoms with E-state index in [0.29, 0.717) is 11.0 Å². The van der Waals surface area contributed by atoms with Gasteiger partial charge >= 0.3 is 0 Å². The van der Waals surface area contributed by atoms with Gasteiger partial charge < -0.3 is 10.2 Å². The van der Waals surface area contributed by atoms with Crippen LogP contribution in [-0.4, -0.2) is 0 Å². The normalized spacial score (nSPS) is 12.8. The summed E-state index contributed by atoms with van der Waals surface area (Å²) in [6.07, 6.45) is 0. The number of aryl methyl sites for hydroxylation is 1. The molecule has 2 N–H and O–H groups in total. The summed E-state index contributed by atoms with van der Waals surface area (Å²) in [5.41, 5.74) is 6.59. The summed E-state index contributed by atoms with van der Waals surface area (Å²) < 4.78 is 46.2. The number of benzene rings is 2. The Morgan fingerprint density at radius 2 is 1.76 bits per heavy atom. The minimum Gasteiger partial charge on any atom is -0.459 e. The molecule has 0 radical (unpaired) electrons. The van der Waals surface area contributed by atoms with Crippen LogP contribution < -0.4 is 5.73 Å². The zero-order chi connectivity index (χ0) is 15.1. The molecule has 1 aromatic heterocycles. The maximum atomic E-state index is 13.9. The Morgan fingerprint density at radius 3 is 2.52 bits per heavy atom. The molecule has 0 fully saturated rings. The molecular formula is C16H12F3NO. The Labute approximate surface area is 119 Å². The summed E-state index contributed by atoms with van der Waals surface area (Å²) >= 11 is 0. The number of nitrogens with two attached hydrogens (primary N) is 1. The van der Waals surface area contributed by atoms with Gasteiger partial charge in [-0.3, -0.25) is 0 Å². The third-order valence-electron chi connectivity index (χ3n) is 3.42.